The van der Waals surface area contributed by atoms with E-state index in [0.717, 1.165) is 16.8 Å². The highest BCUT2D eigenvalue weighted by molar-refractivity contribution is 5.86. The van der Waals surface area contributed by atoms with Gasteiger partial charge in [-0.15, -0.1) is 0 Å². The topological polar surface area (TPSA) is 115 Å². The molecule has 0 amide bonds. The second-order valence-corrected chi connectivity index (χ2v) is 8.50. The molecular formula is C24H21F5N6O3. The lowest BCUT2D eigenvalue weighted by Gasteiger charge is -2.20. The molecule has 0 aliphatic rings. The normalized spacial score (nSPS) is 13.3. The highest BCUT2D eigenvalue weighted by atomic mass is 19.4. The SMILES string of the molecule is COc1cnc(-c2cc3ccn(C[C@H](F)C[C@@H](C)Nc4cn[nH]c(=O)c4C(F)(F)F)c(=O)c3cc2F)nc1. The van der Waals surface area contributed by atoms with Crippen LogP contribution in [0, 0.1) is 5.82 Å². The van der Waals surface area contributed by atoms with Crippen LogP contribution in [-0.4, -0.2) is 44.1 Å². The van der Waals surface area contributed by atoms with E-state index in [1.54, 1.807) is 5.10 Å². The van der Waals surface area contributed by atoms with Crippen LogP contribution in [0.15, 0.2) is 52.6 Å². The van der Waals surface area contributed by atoms with Crippen molar-refractivity contribution in [3.05, 3.63) is 75.1 Å². The minimum absolute atomic E-state index is 0.00467. The van der Waals surface area contributed by atoms with Gasteiger partial charge in [0, 0.05) is 18.7 Å². The van der Waals surface area contributed by atoms with E-state index in [4.69, 9.17) is 4.74 Å². The molecule has 0 bridgehead atoms. The molecule has 0 spiro atoms. The van der Waals surface area contributed by atoms with Gasteiger partial charge in [-0.1, -0.05) is 0 Å². The summed E-state index contributed by atoms with van der Waals surface area (Å²) in [5, 5.41) is 7.92. The van der Waals surface area contributed by atoms with Crippen molar-refractivity contribution in [1.29, 1.82) is 0 Å². The summed E-state index contributed by atoms with van der Waals surface area (Å²) in [4.78, 5) is 32.6. The molecule has 0 saturated carbocycles. The van der Waals surface area contributed by atoms with Crippen LogP contribution in [0.1, 0.15) is 18.9 Å². The number of hydrogen-bond acceptors (Lipinski definition) is 7. The Hall–Kier alpha value is -4.36. The number of halogens is 5. The Morgan fingerprint density at radius 2 is 1.87 bits per heavy atom. The summed E-state index contributed by atoms with van der Waals surface area (Å²) < 4.78 is 75.4. The number of nitrogens with zero attached hydrogens (tertiary/aromatic N) is 4. The van der Waals surface area contributed by atoms with E-state index >= 15 is 0 Å². The first kappa shape index (κ1) is 26.7. The summed E-state index contributed by atoms with van der Waals surface area (Å²) in [5.74, 6) is -0.277. The van der Waals surface area contributed by atoms with Gasteiger partial charge in [-0.2, -0.15) is 18.3 Å². The van der Waals surface area contributed by atoms with Gasteiger partial charge in [0.2, 0.25) is 0 Å². The Kier molecular flexibility index (Phi) is 7.41. The number of hydrogen-bond donors (Lipinski definition) is 2. The van der Waals surface area contributed by atoms with Gasteiger partial charge in [0.1, 0.15) is 17.6 Å². The molecular weight excluding hydrogens is 515 g/mol. The molecule has 0 unspecified atom stereocenters. The van der Waals surface area contributed by atoms with Gasteiger partial charge >= 0.3 is 6.18 Å². The molecule has 0 fully saturated rings. The summed E-state index contributed by atoms with van der Waals surface area (Å²) in [5.41, 5.74) is -4.07. The Labute approximate surface area is 211 Å². The van der Waals surface area contributed by atoms with Crippen molar-refractivity contribution in [1.82, 2.24) is 24.7 Å². The molecule has 38 heavy (non-hydrogen) atoms. The lowest BCUT2D eigenvalue weighted by atomic mass is 10.1. The van der Waals surface area contributed by atoms with Crippen LogP contribution in [0.5, 0.6) is 5.75 Å². The second-order valence-electron chi connectivity index (χ2n) is 8.50. The highest BCUT2D eigenvalue weighted by Gasteiger charge is 2.37. The third-order valence-electron chi connectivity index (χ3n) is 5.71. The number of H-pyrrole nitrogens is 1. The molecule has 4 aromatic rings. The molecule has 3 heterocycles. The van der Waals surface area contributed by atoms with E-state index < -0.39 is 53.1 Å². The summed E-state index contributed by atoms with van der Waals surface area (Å²) in [7, 11) is 1.44. The van der Waals surface area contributed by atoms with Crippen molar-refractivity contribution in [2.24, 2.45) is 0 Å². The van der Waals surface area contributed by atoms with Crippen LogP contribution in [0.3, 0.4) is 0 Å². The fourth-order valence-electron chi connectivity index (χ4n) is 3.97. The molecule has 1 aromatic carbocycles. The first-order chi connectivity index (χ1) is 18.0. The number of fused-ring (bicyclic) bond motifs is 1. The molecule has 4 rings (SSSR count). The van der Waals surface area contributed by atoms with E-state index in [0.29, 0.717) is 11.1 Å². The molecule has 9 nitrogen and oxygen atoms in total. The quantitative estimate of drug-likeness (QED) is 0.328. The van der Waals surface area contributed by atoms with Crippen molar-refractivity contribution >= 4 is 16.5 Å². The van der Waals surface area contributed by atoms with Crippen LogP contribution >= 0.6 is 0 Å². The average molecular weight is 536 g/mol. The number of aromatic nitrogens is 5. The van der Waals surface area contributed by atoms with Gasteiger partial charge in [0.05, 0.1) is 48.9 Å². The van der Waals surface area contributed by atoms with Gasteiger partial charge < -0.3 is 14.6 Å². The zero-order valence-corrected chi connectivity index (χ0v) is 20.0. The van der Waals surface area contributed by atoms with Crippen molar-refractivity contribution in [2.45, 2.75) is 38.3 Å². The van der Waals surface area contributed by atoms with Crippen molar-refractivity contribution < 1.29 is 26.7 Å². The van der Waals surface area contributed by atoms with Crippen LogP contribution < -0.4 is 21.2 Å². The maximum atomic E-state index is 14.9. The number of alkyl halides is 4. The third kappa shape index (κ3) is 5.63. The van der Waals surface area contributed by atoms with Gasteiger partial charge in [0.25, 0.3) is 11.1 Å². The summed E-state index contributed by atoms with van der Waals surface area (Å²) in [6.45, 7) is 1.00. The largest absolute Gasteiger partial charge is 0.494 e. The van der Waals surface area contributed by atoms with Crippen LogP contribution in [-0.2, 0) is 12.7 Å². The highest BCUT2D eigenvalue weighted by Crippen LogP contribution is 2.32. The molecule has 200 valence electrons. The number of methoxy groups -OCH3 is 1. The smallest absolute Gasteiger partial charge is 0.423 e. The Bertz CT molecular complexity index is 1570. The number of benzene rings is 1. The summed E-state index contributed by atoms with van der Waals surface area (Å²) in [6, 6.07) is 3.09. The zero-order chi connectivity index (χ0) is 27.6. The van der Waals surface area contributed by atoms with Gasteiger partial charge in [0.15, 0.2) is 11.6 Å². The van der Waals surface area contributed by atoms with E-state index in [2.05, 4.69) is 20.4 Å². The Balaban J connectivity index is 1.51. The molecule has 0 saturated heterocycles. The lowest BCUT2D eigenvalue weighted by molar-refractivity contribution is -0.138. The fourth-order valence-corrected chi connectivity index (χ4v) is 3.97. The number of pyridine rings is 1. The predicted octanol–water partition coefficient (Wildman–Crippen LogP) is 3.94. The minimum atomic E-state index is -4.94. The van der Waals surface area contributed by atoms with Crippen LogP contribution in [0.25, 0.3) is 22.2 Å². The predicted molar refractivity (Wildman–Crippen MR) is 128 cm³/mol. The monoisotopic (exact) mass is 536 g/mol. The Morgan fingerprint density at radius 1 is 1.16 bits per heavy atom. The van der Waals surface area contributed by atoms with E-state index in [1.165, 1.54) is 44.8 Å². The van der Waals surface area contributed by atoms with Crippen molar-refractivity contribution in [2.75, 3.05) is 12.4 Å². The van der Waals surface area contributed by atoms with Gasteiger partial charge in [-0.3, -0.25) is 9.59 Å². The molecule has 3 aromatic heterocycles. The average Bonchev–Trinajstić information content (AvgIpc) is 2.85. The maximum absolute atomic E-state index is 14.9. The van der Waals surface area contributed by atoms with Crippen LogP contribution in [0.2, 0.25) is 0 Å². The first-order valence-electron chi connectivity index (χ1n) is 11.2. The number of rotatable bonds is 8. The van der Waals surface area contributed by atoms with Crippen molar-refractivity contribution in [3.63, 3.8) is 0 Å². The molecule has 14 heteroatoms. The zero-order valence-electron chi connectivity index (χ0n) is 20.0. The third-order valence-corrected chi connectivity index (χ3v) is 5.71. The van der Waals surface area contributed by atoms with E-state index in [1.807, 2.05) is 0 Å². The molecule has 2 atom stereocenters. The van der Waals surface area contributed by atoms with Crippen molar-refractivity contribution in [3.8, 4) is 17.1 Å². The summed E-state index contributed by atoms with van der Waals surface area (Å²) >= 11 is 0. The van der Waals surface area contributed by atoms with Crippen LogP contribution in [0.4, 0.5) is 27.6 Å². The van der Waals surface area contributed by atoms with E-state index in [9.17, 15) is 31.5 Å². The maximum Gasteiger partial charge on any atom is 0.423 e. The minimum Gasteiger partial charge on any atom is -0.494 e. The Morgan fingerprint density at radius 3 is 2.53 bits per heavy atom. The first-order valence-corrected chi connectivity index (χ1v) is 11.2. The number of aromatic amines is 1. The second kappa shape index (κ2) is 10.6. The molecule has 0 aliphatic carbocycles. The van der Waals surface area contributed by atoms with Gasteiger partial charge in [-0.25, -0.2) is 23.8 Å². The standard InChI is InChI=1S/C24H21F5N6O3/c1-12(33-19-10-32-34-22(36)20(19)24(27,28)29)5-14(25)11-35-4-3-13-6-17(18(26)7-16(13)23(35)37)21-30-8-15(38-2)9-31-21/h3-4,6-10,12,14H,5,11H2,1-2H3,(H2,33,34,36)/t12-,14-/m1/s1. The molecule has 2 N–H and O–H groups in total. The van der Waals surface area contributed by atoms with E-state index in [-0.39, 0.29) is 23.2 Å². The summed E-state index contributed by atoms with van der Waals surface area (Å²) in [6.07, 6.45) is -2.02. The number of nitrogens with one attached hydrogen (secondary N) is 2. The molecule has 0 radical (unpaired) electrons. The number of ether oxygens (including phenoxy) is 1. The number of anilines is 1. The lowest BCUT2D eigenvalue weighted by Crippen LogP contribution is -2.30. The van der Waals surface area contributed by atoms with Gasteiger partial charge in [-0.05, 0) is 30.5 Å². The fraction of sp³-hybridized carbons (Fsp3) is 0.292. The molecule has 0 aliphatic heterocycles.